The van der Waals surface area contributed by atoms with Crippen LogP contribution in [0.15, 0.2) is 36.4 Å². The molecule has 1 saturated carbocycles. The van der Waals surface area contributed by atoms with Crippen LogP contribution in [-0.4, -0.2) is 43.7 Å². The maximum absolute atomic E-state index is 14.3. The van der Waals surface area contributed by atoms with Gasteiger partial charge in [0.1, 0.15) is 5.82 Å². The average molecular weight is 535 g/mol. The quantitative estimate of drug-likeness (QED) is 0.323. The number of amides is 1. The molecular formula is C29H32F2N6O2. The molecular weight excluding hydrogens is 502 g/mol. The number of methoxy groups -OCH3 is 1. The maximum atomic E-state index is 14.3. The minimum atomic E-state index is -0.971. The van der Waals surface area contributed by atoms with Gasteiger partial charge in [0.25, 0.3) is 0 Å². The standard InChI is InChI=1S/C29H32F2N6O2/c1-17-28(35(2)34-33-17)18-7-14-25-24(15-18)32-29(37(25)19-8-11-21(39-3)12-9-19)26-5-4-6-27(38)36(26)20-10-13-22(30)23(31)16-20/h7,10,13-16,19,21,26H,4-6,8-9,11-12H2,1-3H3/t19-,21-,26-/m0/s1. The Bertz CT molecular complexity index is 1520. The van der Waals surface area contributed by atoms with Crippen LogP contribution in [0.3, 0.4) is 0 Å². The monoisotopic (exact) mass is 534 g/mol. The minimum absolute atomic E-state index is 0.115. The van der Waals surface area contributed by atoms with E-state index in [-0.39, 0.29) is 18.1 Å². The second-order valence-corrected chi connectivity index (χ2v) is 10.6. The fraction of sp³-hybridized carbons (Fsp3) is 0.448. The number of ether oxygens (including phenoxy) is 1. The molecule has 39 heavy (non-hydrogen) atoms. The lowest BCUT2D eigenvalue weighted by Crippen LogP contribution is -2.40. The van der Waals surface area contributed by atoms with Gasteiger partial charge in [0.2, 0.25) is 5.91 Å². The van der Waals surface area contributed by atoms with Gasteiger partial charge in [-0.2, -0.15) is 0 Å². The van der Waals surface area contributed by atoms with E-state index in [0.717, 1.165) is 71.6 Å². The summed E-state index contributed by atoms with van der Waals surface area (Å²) in [5, 5.41) is 8.35. The number of halogens is 2. The number of carbonyl (C=O) groups excluding carboxylic acids is 1. The molecule has 1 aliphatic heterocycles. The van der Waals surface area contributed by atoms with Gasteiger partial charge >= 0.3 is 0 Å². The number of benzene rings is 2. The fourth-order valence-corrected chi connectivity index (χ4v) is 6.35. The van der Waals surface area contributed by atoms with Crippen LogP contribution in [0.4, 0.5) is 14.5 Å². The molecule has 1 amide bonds. The largest absolute Gasteiger partial charge is 0.381 e. The number of anilines is 1. The minimum Gasteiger partial charge on any atom is -0.381 e. The lowest BCUT2D eigenvalue weighted by atomic mass is 9.91. The van der Waals surface area contributed by atoms with Crippen molar-refractivity contribution in [2.75, 3.05) is 12.0 Å². The Hall–Kier alpha value is -3.66. The summed E-state index contributed by atoms with van der Waals surface area (Å²) >= 11 is 0. The molecule has 0 spiro atoms. The highest BCUT2D eigenvalue weighted by Crippen LogP contribution is 2.41. The van der Waals surface area contributed by atoms with Crippen LogP contribution in [-0.2, 0) is 16.6 Å². The Morgan fingerprint density at radius 1 is 1.00 bits per heavy atom. The molecule has 2 fully saturated rings. The lowest BCUT2D eigenvalue weighted by molar-refractivity contribution is -0.120. The van der Waals surface area contributed by atoms with Gasteiger partial charge in [-0.3, -0.25) is 4.79 Å². The second-order valence-electron chi connectivity index (χ2n) is 10.6. The topological polar surface area (TPSA) is 78.1 Å². The number of hydrogen-bond acceptors (Lipinski definition) is 5. The van der Waals surface area contributed by atoms with Crippen LogP contribution in [0, 0.1) is 18.6 Å². The number of aryl methyl sites for hydroxylation is 2. The summed E-state index contributed by atoms with van der Waals surface area (Å²) in [5.41, 5.74) is 4.87. The van der Waals surface area contributed by atoms with Crippen molar-refractivity contribution in [3.8, 4) is 11.3 Å². The molecule has 8 nitrogen and oxygen atoms in total. The first kappa shape index (κ1) is 25.6. The van der Waals surface area contributed by atoms with Gasteiger partial charge in [0, 0.05) is 43.9 Å². The van der Waals surface area contributed by atoms with Crippen LogP contribution in [0.1, 0.15) is 68.5 Å². The Balaban J connectivity index is 1.50. The SMILES string of the molecule is CO[C@H]1CC[C@H](n2c([C@@H]3CCCC(=O)N3c3ccc(F)c(F)c3)nc3cc(-c4c(C)nnn4C)ccc32)CC1. The molecule has 0 bridgehead atoms. The van der Waals surface area contributed by atoms with Crippen molar-refractivity contribution in [2.24, 2.45) is 7.05 Å². The van der Waals surface area contributed by atoms with E-state index in [1.54, 1.807) is 16.7 Å². The van der Waals surface area contributed by atoms with Crippen LogP contribution >= 0.6 is 0 Å². The highest BCUT2D eigenvalue weighted by Gasteiger charge is 2.36. The van der Waals surface area contributed by atoms with Gasteiger partial charge in [-0.1, -0.05) is 11.3 Å². The van der Waals surface area contributed by atoms with Crippen LogP contribution < -0.4 is 4.90 Å². The van der Waals surface area contributed by atoms with Crippen LogP contribution in [0.25, 0.3) is 22.3 Å². The molecule has 2 aromatic heterocycles. The van der Waals surface area contributed by atoms with E-state index >= 15 is 0 Å². The molecule has 2 aliphatic rings. The third kappa shape index (κ3) is 4.50. The molecule has 1 saturated heterocycles. The molecule has 204 valence electrons. The van der Waals surface area contributed by atoms with E-state index < -0.39 is 17.7 Å². The smallest absolute Gasteiger partial charge is 0.227 e. The predicted molar refractivity (Wildman–Crippen MR) is 143 cm³/mol. The van der Waals surface area contributed by atoms with Crippen LogP contribution in [0.2, 0.25) is 0 Å². The average Bonchev–Trinajstić information content (AvgIpc) is 3.48. The van der Waals surface area contributed by atoms with Crippen molar-refractivity contribution in [3.05, 3.63) is 59.6 Å². The molecule has 4 aromatic rings. The zero-order valence-corrected chi connectivity index (χ0v) is 22.4. The Morgan fingerprint density at radius 2 is 1.79 bits per heavy atom. The third-order valence-corrected chi connectivity index (χ3v) is 8.26. The molecule has 0 radical (unpaired) electrons. The number of rotatable bonds is 5. The van der Waals surface area contributed by atoms with Gasteiger partial charge in [0.15, 0.2) is 11.6 Å². The summed E-state index contributed by atoms with van der Waals surface area (Å²) in [6.07, 6.45) is 5.70. The van der Waals surface area contributed by atoms with E-state index in [4.69, 9.17) is 9.72 Å². The Labute approximate surface area is 225 Å². The molecule has 2 aromatic carbocycles. The van der Waals surface area contributed by atoms with Gasteiger partial charge in [-0.05, 0) is 69.7 Å². The summed E-state index contributed by atoms with van der Waals surface area (Å²) in [4.78, 5) is 20.0. The summed E-state index contributed by atoms with van der Waals surface area (Å²) in [7, 11) is 3.62. The van der Waals surface area contributed by atoms with Gasteiger partial charge in [-0.25, -0.2) is 18.4 Å². The van der Waals surface area contributed by atoms with Crippen molar-refractivity contribution in [2.45, 2.75) is 70.1 Å². The Morgan fingerprint density at radius 3 is 2.49 bits per heavy atom. The first-order valence-corrected chi connectivity index (χ1v) is 13.5. The first-order valence-electron chi connectivity index (χ1n) is 13.5. The molecule has 10 heteroatoms. The van der Waals surface area contributed by atoms with E-state index in [1.165, 1.54) is 6.07 Å². The molecule has 0 N–H and O–H groups in total. The van der Waals surface area contributed by atoms with E-state index in [1.807, 2.05) is 20.0 Å². The van der Waals surface area contributed by atoms with Crippen molar-refractivity contribution in [3.63, 3.8) is 0 Å². The van der Waals surface area contributed by atoms with E-state index in [9.17, 15) is 13.6 Å². The van der Waals surface area contributed by atoms with E-state index in [0.29, 0.717) is 24.9 Å². The normalized spacial score (nSPS) is 22.1. The van der Waals surface area contributed by atoms with Crippen molar-refractivity contribution in [1.29, 1.82) is 0 Å². The highest BCUT2D eigenvalue weighted by molar-refractivity contribution is 5.95. The van der Waals surface area contributed by atoms with Crippen molar-refractivity contribution in [1.82, 2.24) is 24.5 Å². The van der Waals surface area contributed by atoms with E-state index in [2.05, 4.69) is 27.0 Å². The first-order chi connectivity index (χ1) is 18.9. The number of piperidine rings is 1. The molecule has 1 aliphatic carbocycles. The lowest BCUT2D eigenvalue weighted by Gasteiger charge is -2.37. The van der Waals surface area contributed by atoms with Gasteiger partial charge in [0.05, 0.1) is 34.6 Å². The van der Waals surface area contributed by atoms with Gasteiger partial charge in [-0.15, -0.1) is 5.10 Å². The van der Waals surface area contributed by atoms with Crippen molar-refractivity contribution < 1.29 is 18.3 Å². The summed E-state index contributed by atoms with van der Waals surface area (Å²) in [6, 6.07) is 9.65. The number of hydrogen-bond donors (Lipinski definition) is 0. The number of fused-ring (bicyclic) bond motifs is 1. The third-order valence-electron chi connectivity index (χ3n) is 8.26. The van der Waals surface area contributed by atoms with Crippen molar-refractivity contribution >= 4 is 22.6 Å². The molecule has 1 atom stereocenters. The summed E-state index contributed by atoms with van der Waals surface area (Å²) < 4.78 is 37.7. The van der Waals surface area contributed by atoms with Crippen LogP contribution in [0.5, 0.6) is 0 Å². The molecule has 6 rings (SSSR count). The zero-order chi connectivity index (χ0) is 27.3. The summed E-state index contributed by atoms with van der Waals surface area (Å²) in [5.74, 6) is -1.24. The number of nitrogens with zero attached hydrogens (tertiary/aromatic N) is 6. The fourth-order valence-electron chi connectivity index (χ4n) is 6.35. The Kier molecular flexibility index (Phi) is 6.66. The highest BCUT2D eigenvalue weighted by atomic mass is 19.2. The molecule has 0 unspecified atom stereocenters. The summed E-state index contributed by atoms with van der Waals surface area (Å²) in [6.45, 7) is 1.93. The second kappa shape index (κ2) is 10.1. The number of imidazole rings is 1. The zero-order valence-electron chi connectivity index (χ0n) is 22.4. The number of carbonyl (C=O) groups is 1. The molecule has 3 heterocycles. The predicted octanol–water partition coefficient (Wildman–Crippen LogP) is 5.81. The maximum Gasteiger partial charge on any atom is 0.227 e. The van der Waals surface area contributed by atoms with Gasteiger partial charge < -0.3 is 14.2 Å². The number of aromatic nitrogens is 5.